The summed E-state index contributed by atoms with van der Waals surface area (Å²) in [4.78, 5) is 14.0. The first-order valence-electron chi connectivity index (χ1n) is 5.91. The third kappa shape index (κ3) is 4.16. The highest BCUT2D eigenvalue weighted by Crippen LogP contribution is 2.11. The van der Waals surface area contributed by atoms with Crippen LogP contribution in [-0.4, -0.2) is 36.5 Å². The summed E-state index contributed by atoms with van der Waals surface area (Å²) < 4.78 is 0. The van der Waals surface area contributed by atoms with E-state index in [1.165, 1.54) is 0 Å². The number of piperazine rings is 1. The lowest BCUT2D eigenvalue weighted by Gasteiger charge is -2.32. The van der Waals surface area contributed by atoms with Crippen LogP contribution in [0, 0.1) is 0 Å². The van der Waals surface area contributed by atoms with Crippen LogP contribution < -0.4 is 5.32 Å². The number of nitrogens with one attached hydrogen (secondary N) is 1. The molecule has 0 aliphatic carbocycles. The average molecular weight is 289 g/mol. The molecule has 5 heteroatoms. The fraction of sp³-hybridized carbons (Fsp3) is 0.462. The second-order valence-electron chi connectivity index (χ2n) is 4.50. The van der Waals surface area contributed by atoms with Gasteiger partial charge in [-0.05, 0) is 24.6 Å². The molecule has 18 heavy (non-hydrogen) atoms. The van der Waals surface area contributed by atoms with Gasteiger partial charge in [0.1, 0.15) is 0 Å². The van der Waals surface area contributed by atoms with Crippen LogP contribution in [0.5, 0.6) is 0 Å². The van der Waals surface area contributed by atoms with Gasteiger partial charge in [-0.3, -0.25) is 4.79 Å². The van der Waals surface area contributed by atoms with E-state index in [-0.39, 0.29) is 18.3 Å². The van der Waals surface area contributed by atoms with Crippen molar-refractivity contribution in [3.05, 3.63) is 34.9 Å². The van der Waals surface area contributed by atoms with Gasteiger partial charge in [-0.1, -0.05) is 23.7 Å². The summed E-state index contributed by atoms with van der Waals surface area (Å²) in [6, 6.07) is 7.85. The summed E-state index contributed by atoms with van der Waals surface area (Å²) in [6.45, 7) is 4.58. The zero-order valence-electron chi connectivity index (χ0n) is 10.4. The monoisotopic (exact) mass is 288 g/mol. The molecule has 0 spiro atoms. The molecule has 0 saturated carbocycles. The van der Waals surface area contributed by atoms with E-state index >= 15 is 0 Å². The van der Waals surface area contributed by atoms with Crippen molar-refractivity contribution < 1.29 is 4.79 Å². The number of hydrogen-bond donors (Lipinski definition) is 1. The molecule has 0 radical (unpaired) electrons. The average Bonchev–Trinajstić information content (AvgIpc) is 2.32. The quantitative estimate of drug-likeness (QED) is 0.904. The van der Waals surface area contributed by atoms with Gasteiger partial charge >= 0.3 is 0 Å². The second kappa shape index (κ2) is 6.98. The number of carbonyl (C=O) groups is 1. The standard InChI is InChI=1S/C13H17ClN2O.ClH/c1-10-9-16(7-6-15-10)13(17)8-11-2-4-12(14)5-3-11;/h2-5,10,15H,6-9H2,1H3;1H/t10-;/m1./s1. The lowest BCUT2D eigenvalue weighted by molar-refractivity contribution is -0.131. The topological polar surface area (TPSA) is 32.3 Å². The second-order valence-corrected chi connectivity index (χ2v) is 4.93. The molecule has 1 aliphatic rings. The Labute approximate surface area is 119 Å². The fourth-order valence-electron chi connectivity index (χ4n) is 2.05. The van der Waals surface area contributed by atoms with Gasteiger partial charge in [0.25, 0.3) is 0 Å². The van der Waals surface area contributed by atoms with Crippen LogP contribution in [0.2, 0.25) is 5.02 Å². The Hall–Kier alpha value is -0.770. The molecule has 1 amide bonds. The Bertz CT molecular complexity index is 394. The van der Waals surface area contributed by atoms with E-state index in [2.05, 4.69) is 12.2 Å². The first-order chi connectivity index (χ1) is 8.15. The normalized spacial score (nSPS) is 19.2. The zero-order valence-corrected chi connectivity index (χ0v) is 11.9. The molecule has 1 aromatic rings. The maximum absolute atomic E-state index is 12.1. The first-order valence-corrected chi connectivity index (χ1v) is 6.28. The molecule has 1 heterocycles. The fourth-order valence-corrected chi connectivity index (χ4v) is 2.17. The Balaban J connectivity index is 0.00000162. The molecule has 1 aliphatic heterocycles. The lowest BCUT2D eigenvalue weighted by atomic mass is 10.1. The van der Waals surface area contributed by atoms with Gasteiger partial charge in [0.2, 0.25) is 5.91 Å². The van der Waals surface area contributed by atoms with E-state index in [0.717, 1.165) is 25.2 Å². The predicted octanol–water partition coefficient (Wildman–Crippen LogP) is 2.12. The highest BCUT2D eigenvalue weighted by molar-refractivity contribution is 6.30. The van der Waals surface area contributed by atoms with Crippen LogP contribution in [0.15, 0.2) is 24.3 Å². The van der Waals surface area contributed by atoms with Gasteiger partial charge in [0.05, 0.1) is 6.42 Å². The summed E-state index contributed by atoms with van der Waals surface area (Å²) in [7, 11) is 0. The Morgan fingerprint density at radius 3 is 2.72 bits per heavy atom. The first kappa shape index (κ1) is 15.3. The van der Waals surface area contributed by atoms with Gasteiger partial charge in [-0.15, -0.1) is 12.4 Å². The van der Waals surface area contributed by atoms with Crippen molar-refractivity contribution in [3.63, 3.8) is 0 Å². The number of nitrogens with zero attached hydrogens (tertiary/aromatic N) is 1. The number of benzene rings is 1. The number of carbonyl (C=O) groups excluding carboxylic acids is 1. The SMILES string of the molecule is C[C@@H]1CN(C(=O)Cc2ccc(Cl)cc2)CCN1.Cl. The van der Waals surface area contributed by atoms with Crippen LogP contribution in [-0.2, 0) is 11.2 Å². The van der Waals surface area contributed by atoms with Gasteiger partial charge in [0.15, 0.2) is 0 Å². The summed E-state index contributed by atoms with van der Waals surface area (Å²) in [5, 5.41) is 4.03. The zero-order chi connectivity index (χ0) is 12.3. The van der Waals surface area contributed by atoms with Crippen molar-refractivity contribution in [2.45, 2.75) is 19.4 Å². The molecule has 0 aromatic heterocycles. The minimum Gasteiger partial charge on any atom is -0.340 e. The van der Waals surface area contributed by atoms with Gasteiger partial charge in [-0.2, -0.15) is 0 Å². The predicted molar refractivity (Wildman–Crippen MR) is 76.4 cm³/mol. The smallest absolute Gasteiger partial charge is 0.227 e. The molecular weight excluding hydrogens is 271 g/mol. The minimum atomic E-state index is 0. The molecular formula is C13H18Cl2N2O. The van der Waals surface area contributed by atoms with Crippen molar-refractivity contribution >= 4 is 29.9 Å². The van der Waals surface area contributed by atoms with E-state index in [1.807, 2.05) is 29.2 Å². The van der Waals surface area contributed by atoms with E-state index in [4.69, 9.17) is 11.6 Å². The van der Waals surface area contributed by atoms with E-state index < -0.39 is 0 Å². The van der Waals surface area contributed by atoms with Gasteiger partial charge in [-0.25, -0.2) is 0 Å². The molecule has 1 fully saturated rings. The molecule has 3 nitrogen and oxygen atoms in total. The molecule has 0 bridgehead atoms. The largest absolute Gasteiger partial charge is 0.340 e. The van der Waals surface area contributed by atoms with Crippen LogP contribution >= 0.6 is 24.0 Å². The summed E-state index contributed by atoms with van der Waals surface area (Å²) in [5.74, 6) is 0.195. The Kier molecular flexibility index (Phi) is 5.93. The molecule has 0 unspecified atom stereocenters. The molecule has 100 valence electrons. The van der Waals surface area contributed by atoms with E-state index in [1.54, 1.807) is 0 Å². The maximum atomic E-state index is 12.1. The van der Waals surface area contributed by atoms with E-state index in [9.17, 15) is 4.79 Å². The van der Waals surface area contributed by atoms with Crippen LogP contribution in [0.4, 0.5) is 0 Å². The number of hydrogen-bond acceptors (Lipinski definition) is 2. The third-order valence-corrected chi connectivity index (χ3v) is 3.24. The highest BCUT2D eigenvalue weighted by atomic mass is 35.5. The van der Waals surface area contributed by atoms with Crippen molar-refractivity contribution in [1.82, 2.24) is 10.2 Å². The third-order valence-electron chi connectivity index (χ3n) is 2.99. The number of amides is 1. The lowest BCUT2D eigenvalue weighted by Crippen LogP contribution is -2.51. The number of rotatable bonds is 2. The summed E-state index contributed by atoms with van der Waals surface area (Å²) >= 11 is 5.81. The molecule has 1 atom stereocenters. The Morgan fingerprint density at radius 2 is 2.11 bits per heavy atom. The van der Waals surface area contributed by atoms with Crippen molar-refractivity contribution in [1.29, 1.82) is 0 Å². The van der Waals surface area contributed by atoms with Crippen LogP contribution in [0.25, 0.3) is 0 Å². The van der Waals surface area contributed by atoms with Gasteiger partial charge in [0, 0.05) is 30.7 Å². The molecule has 1 N–H and O–H groups in total. The Morgan fingerprint density at radius 1 is 1.44 bits per heavy atom. The number of halogens is 2. The van der Waals surface area contributed by atoms with Crippen molar-refractivity contribution in [2.24, 2.45) is 0 Å². The molecule has 1 saturated heterocycles. The van der Waals surface area contributed by atoms with Crippen molar-refractivity contribution in [2.75, 3.05) is 19.6 Å². The summed E-state index contributed by atoms with van der Waals surface area (Å²) in [6.07, 6.45) is 0.462. The van der Waals surface area contributed by atoms with Crippen LogP contribution in [0.1, 0.15) is 12.5 Å². The summed E-state index contributed by atoms with van der Waals surface area (Å²) in [5.41, 5.74) is 1.02. The van der Waals surface area contributed by atoms with Gasteiger partial charge < -0.3 is 10.2 Å². The highest BCUT2D eigenvalue weighted by Gasteiger charge is 2.20. The maximum Gasteiger partial charge on any atom is 0.227 e. The minimum absolute atomic E-state index is 0. The van der Waals surface area contributed by atoms with Crippen LogP contribution in [0.3, 0.4) is 0 Å². The molecule has 2 rings (SSSR count). The van der Waals surface area contributed by atoms with E-state index in [0.29, 0.717) is 17.5 Å². The molecule has 1 aromatic carbocycles. The van der Waals surface area contributed by atoms with Crippen molar-refractivity contribution in [3.8, 4) is 0 Å².